The van der Waals surface area contributed by atoms with Gasteiger partial charge in [-0.05, 0) is 94.3 Å². The molecule has 10 rings (SSSR count). The van der Waals surface area contributed by atoms with Crippen LogP contribution in [0.5, 0.6) is 5.75 Å². The average molecular weight is 972 g/mol. The number of phenols is 1. The Kier molecular flexibility index (Phi) is 10.9. The van der Waals surface area contributed by atoms with Gasteiger partial charge in [0, 0.05) is 38.5 Å². The SMILES string of the molecule is CC(C)(C)c1cc(-c2cc(-c3ccc(-c4ccccc4)cc3)ccn2)[c-]c(-c2cccc3c2nc(-c2ccc4c(c2O)CCCC4)n3-c2ccccc2-c2ccccc2)c1.[Pt]. The van der Waals surface area contributed by atoms with Crippen molar-refractivity contribution in [2.75, 3.05) is 0 Å². The molecule has 0 atom stereocenters. The fourth-order valence-corrected chi connectivity index (χ4v) is 8.79. The van der Waals surface area contributed by atoms with Crippen LogP contribution < -0.4 is 0 Å². The summed E-state index contributed by atoms with van der Waals surface area (Å²) < 4.78 is 2.24. The molecule has 0 fully saturated rings. The van der Waals surface area contributed by atoms with Gasteiger partial charge in [0.2, 0.25) is 0 Å². The molecule has 2 aromatic heterocycles. The van der Waals surface area contributed by atoms with E-state index in [1.807, 2.05) is 18.3 Å². The maximum Gasteiger partial charge on any atom is 0.148 e. The summed E-state index contributed by atoms with van der Waals surface area (Å²) in [5.41, 5.74) is 17.4. The molecule has 7 aromatic carbocycles. The summed E-state index contributed by atoms with van der Waals surface area (Å²) in [7, 11) is 0. The molecular weight excluding hydrogens is 926 g/mol. The number of pyridine rings is 1. The summed E-state index contributed by atoms with van der Waals surface area (Å²) in [6, 6.07) is 61.5. The zero-order chi connectivity index (χ0) is 40.8. The van der Waals surface area contributed by atoms with Gasteiger partial charge >= 0.3 is 0 Å². The number of para-hydroxylation sites is 2. The van der Waals surface area contributed by atoms with Crippen molar-refractivity contribution in [1.29, 1.82) is 0 Å². The molecule has 9 aromatic rings. The van der Waals surface area contributed by atoms with Gasteiger partial charge in [-0.15, -0.1) is 29.3 Å². The molecule has 302 valence electrons. The van der Waals surface area contributed by atoms with E-state index in [2.05, 4.69) is 183 Å². The van der Waals surface area contributed by atoms with E-state index in [1.54, 1.807) is 0 Å². The molecule has 1 N–H and O–H groups in total. The number of benzene rings is 7. The van der Waals surface area contributed by atoms with Gasteiger partial charge in [-0.1, -0.05) is 159 Å². The molecule has 0 aliphatic heterocycles. The Morgan fingerprint density at radius 1 is 0.574 bits per heavy atom. The first-order valence-electron chi connectivity index (χ1n) is 21.0. The molecule has 0 spiro atoms. The number of aromatic nitrogens is 3. The Morgan fingerprint density at radius 3 is 1.97 bits per heavy atom. The summed E-state index contributed by atoms with van der Waals surface area (Å²) >= 11 is 0. The summed E-state index contributed by atoms with van der Waals surface area (Å²) in [5, 5.41) is 12.0. The number of fused-ring (bicyclic) bond motifs is 2. The molecule has 4 nitrogen and oxygen atoms in total. The van der Waals surface area contributed by atoms with Crippen LogP contribution in [0, 0.1) is 6.07 Å². The third kappa shape index (κ3) is 7.66. The van der Waals surface area contributed by atoms with E-state index in [9.17, 15) is 5.11 Å². The molecule has 0 radical (unpaired) electrons. The Bertz CT molecular complexity index is 3020. The third-order valence-corrected chi connectivity index (χ3v) is 12.0. The van der Waals surface area contributed by atoms with Crippen molar-refractivity contribution in [3.05, 3.63) is 193 Å². The quantitative estimate of drug-likeness (QED) is 0.162. The summed E-state index contributed by atoms with van der Waals surface area (Å²) in [4.78, 5) is 10.4. The minimum absolute atomic E-state index is 0. The first-order chi connectivity index (χ1) is 29.3. The van der Waals surface area contributed by atoms with Crippen LogP contribution in [0.3, 0.4) is 0 Å². The van der Waals surface area contributed by atoms with Crippen LogP contribution in [0.1, 0.15) is 50.3 Å². The van der Waals surface area contributed by atoms with Crippen molar-refractivity contribution in [2.45, 2.75) is 51.9 Å². The van der Waals surface area contributed by atoms with Gasteiger partial charge in [0.15, 0.2) is 0 Å². The first kappa shape index (κ1) is 40.1. The van der Waals surface area contributed by atoms with Gasteiger partial charge < -0.3 is 5.11 Å². The van der Waals surface area contributed by atoms with Gasteiger partial charge in [-0.3, -0.25) is 9.55 Å². The number of nitrogens with zero attached hydrogens (tertiary/aromatic N) is 3. The van der Waals surface area contributed by atoms with Crippen LogP contribution in [0.2, 0.25) is 0 Å². The molecule has 0 amide bonds. The topological polar surface area (TPSA) is 50.9 Å². The predicted molar refractivity (Wildman–Crippen MR) is 247 cm³/mol. The van der Waals surface area contributed by atoms with Gasteiger partial charge in [0.05, 0.1) is 22.3 Å². The van der Waals surface area contributed by atoms with Crippen molar-refractivity contribution in [2.24, 2.45) is 0 Å². The molecule has 1 aliphatic carbocycles. The number of hydrogen-bond donors (Lipinski definition) is 1. The number of rotatable bonds is 7. The van der Waals surface area contributed by atoms with E-state index in [4.69, 9.17) is 9.97 Å². The zero-order valence-electron chi connectivity index (χ0n) is 34.6. The molecule has 0 saturated heterocycles. The monoisotopic (exact) mass is 971 g/mol. The summed E-state index contributed by atoms with van der Waals surface area (Å²) in [6.45, 7) is 6.75. The molecule has 0 unspecified atom stereocenters. The van der Waals surface area contributed by atoms with E-state index in [1.165, 1.54) is 22.3 Å². The van der Waals surface area contributed by atoms with E-state index in [-0.39, 0.29) is 26.5 Å². The van der Waals surface area contributed by atoms with Crippen molar-refractivity contribution in [3.8, 4) is 78.6 Å². The second kappa shape index (κ2) is 16.6. The van der Waals surface area contributed by atoms with Crippen molar-refractivity contribution < 1.29 is 26.2 Å². The summed E-state index contributed by atoms with van der Waals surface area (Å²) in [6.07, 6.45) is 5.97. The van der Waals surface area contributed by atoms with E-state index in [0.717, 1.165) is 98.2 Å². The predicted octanol–water partition coefficient (Wildman–Crippen LogP) is 14.1. The minimum atomic E-state index is -0.147. The Hall–Kier alpha value is -6.35. The van der Waals surface area contributed by atoms with E-state index in [0.29, 0.717) is 11.6 Å². The van der Waals surface area contributed by atoms with Crippen molar-refractivity contribution in [1.82, 2.24) is 14.5 Å². The maximum atomic E-state index is 12.0. The average Bonchev–Trinajstić information content (AvgIpc) is 3.69. The molecule has 61 heavy (non-hydrogen) atoms. The molecule has 2 heterocycles. The fraction of sp³-hybridized carbons (Fsp3) is 0.143. The number of aryl methyl sites for hydroxylation is 1. The van der Waals surface area contributed by atoms with Crippen molar-refractivity contribution >= 4 is 11.0 Å². The summed E-state index contributed by atoms with van der Waals surface area (Å²) in [5.74, 6) is 1.05. The van der Waals surface area contributed by atoms with Crippen LogP contribution in [-0.4, -0.2) is 19.6 Å². The van der Waals surface area contributed by atoms with Gasteiger partial charge in [-0.2, -0.15) is 0 Å². The van der Waals surface area contributed by atoms with Crippen LogP contribution >= 0.6 is 0 Å². The number of hydrogen-bond acceptors (Lipinski definition) is 3. The molecule has 0 saturated carbocycles. The second-order valence-electron chi connectivity index (χ2n) is 17.0. The number of aromatic hydroxyl groups is 1. The van der Waals surface area contributed by atoms with Crippen LogP contribution in [0.25, 0.3) is 83.9 Å². The molecule has 5 heteroatoms. The largest absolute Gasteiger partial charge is 0.507 e. The smallest absolute Gasteiger partial charge is 0.148 e. The van der Waals surface area contributed by atoms with Crippen LogP contribution in [0.4, 0.5) is 0 Å². The van der Waals surface area contributed by atoms with Crippen molar-refractivity contribution in [3.63, 3.8) is 0 Å². The Labute approximate surface area is 372 Å². The van der Waals surface area contributed by atoms with Gasteiger partial charge in [0.25, 0.3) is 0 Å². The third-order valence-electron chi connectivity index (χ3n) is 12.0. The maximum absolute atomic E-state index is 12.0. The normalized spacial score (nSPS) is 12.5. The molecule has 0 bridgehead atoms. The molecule has 1 aliphatic rings. The minimum Gasteiger partial charge on any atom is -0.507 e. The fourth-order valence-electron chi connectivity index (χ4n) is 8.79. The number of phenolic OH excluding ortho intramolecular Hbond substituents is 1. The van der Waals surface area contributed by atoms with Gasteiger partial charge in [0.1, 0.15) is 11.6 Å². The van der Waals surface area contributed by atoms with Crippen LogP contribution in [-0.2, 0) is 39.3 Å². The second-order valence-corrected chi connectivity index (χ2v) is 17.0. The standard InChI is InChI=1S/C56H46N3O.Pt/c1-56(2,3)45-34-43(33-44(35-45)50-36-42(31-32-57-50)39-27-25-38(26-28-39)37-15-6-4-7-16-37)47-22-14-24-52-53(47)58-55(49-30-29-41-19-10-11-21-48(41)54(49)60)59(52)51-23-13-12-20-46(51)40-17-8-5-9-18-40;/h4-9,12-18,20,22-32,34-36,60H,10-11,19,21H2,1-3H3;/q-1;. The number of imidazole rings is 1. The van der Waals surface area contributed by atoms with E-state index >= 15 is 0 Å². The van der Waals surface area contributed by atoms with Gasteiger partial charge in [-0.25, -0.2) is 4.98 Å². The Morgan fingerprint density at radius 2 is 1.21 bits per heavy atom. The van der Waals surface area contributed by atoms with Crippen LogP contribution in [0.15, 0.2) is 170 Å². The van der Waals surface area contributed by atoms with E-state index < -0.39 is 0 Å². The Balaban J connectivity index is 0.00000476. The zero-order valence-corrected chi connectivity index (χ0v) is 36.9. The molecular formula is C56H46N3OPt-. The first-order valence-corrected chi connectivity index (χ1v) is 21.0.